The first-order chi connectivity index (χ1) is 14.0. The van der Waals surface area contributed by atoms with Gasteiger partial charge in [-0.1, -0.05) is 30.1 Å². The molecule has 5 nitrogen and oxygen atoms in total. The van der Waals surface area contributed by atoms with Gasteiger partial charge in [-0.15, -0.1) is 6.58 Å². The monoisotopic (exact) mass is 427 g/mol. The van der Waals surface area contributed by atoms with Crippen LogP contribution in [0, 0.1) is 0 Å². The molecule has 2 aromatic carbocycles. The summed E-state index contributed by atoms with van der Waals surface area (Å²) >= 11 is 6.67. The lowest BCUT2D eigenvalue weighted by atomic mass is 10.1. The molecule has 1 saturated heterocycles. The Labute approximate surface area is 179 Å². The number of hydrogen-bond donors (Lipinski definition) is 1. The minimum absolute atomic E-state index is 0.0755. The van der Waals surface area contributed by atoms with Gasteiger partial charge in [0, 0.05) is 5.56 Å². The molecule has 29 heavy (non-hydrogen) atoms. The summed E-state index contributed by atoms with van der Waals surface area (Å²) in [7, 11) is 1.49. The van der Waals surface area contributed by atoms with E-state index in [9.17, 15) is 9.90 Å². The first-order valence-electron chi connectivity index (χ1n) is 9.00. The van der Waals surface area contributed by atoms with E-state index in [1.165, 1.54) is 23.8 Å². The summed E-state index contributed by atoms with van der Waals surface area (Å²) in [6.07, 6.45) is 3.93. The number of benzene rings is 2. The highest BCUT2D eigenvalue weighted by atomic mass is 32.2. The van der Waals surface area contributed by atoms with E-state index in [0.717, 1.165) is 11.3 Å². The first kappa shape index (κ1) is 21.0. The van der Waals surface area contributed by atoms with Gasteiger partial charge in [-0.3, -0.25) is 9.69 Å². The quantitative estimate of drug-likeness (QED) is 0.384. The third-order valence-corrected chi connectivity index (χ3v) is 5.56. The van der Waals surface area contributed by atoms with Gasteiger partial charge in [-0.2, -0.15) is 0 Å². The Hall–Kier alpha value is -2.77. The Morgan fingerprint density at radius 3 is 2.62 bits per heavy atom. The summed E-state index contributed by atoms with van der Waals surface area (Å²) in [5, 5.41) is 10.2. The SMILES string of the molecule is C=CCc1cc(/C=C2\SC(=S)N(c3ccc(OCC)cc3)C2=O)cc(OC)c1O. The van der Waals surface area contributed by atoms with Crippen molar-refractivity contribution >= 4 is 46.0 Å². The standard InChI is InChI=1S/C22H21NO4S2/c1-4-6-15-11-14(12-18(26-3)20(15)24)13-19-21(25)23(22(28)29-19)16-7-9-17(10-8-16)27-5-2/h4,7-13,24H,1,5-6H2,2-3H3/b19-13-. The molecular formula is C22H21NO4S2. The minimum Gasteiger partial charge on any atom is -0.504 e. The zero-order valence-electron chi connectivity index (χ0n) is 16.2. The molecule has 0 saturated carbocycles. The molecule has 3 rings (SSSR count). The van der Waals surface area contributed by atoms with E-state index in [2.05, 4.69) is 6.58 Å². The molecule has 150 valence electrons. The number of allylic oxidation sites excluding steroid dienone is 1. The molecule has 1 amide bonds. The number of thioether (sulfide) groups is 1. The van der Waals surface area contributed by atoms with Crippen LogP contribution < -0.4 is 14.4 Å². The van der Waals surface area contributed by atoms with Gasteiger partial charge in [0.25, 0.3) is 5.91 Å². The predicted octanol–water partition coefficient (Wildman–Crippen LogP) is 4.93. The molecule has 1 aliphatic rings. The van der Waals surface area contributed by atoms with Crippen molar-refractivity contribution in [3.63, 3.8) is 0 Å². The van der Waals surface area contributed by atoms with Gasteiger partial charge in [-0.25, -0.2) is 0 Å². The van der Waals surface area contributed by atoms with Crippen LogP contribution in [-0.4, -0.2) is 29.1 Å². The molecule has 1 aliphatic heterocycles. The molecular weight excluding hydrogens is 406 g/mol. The fourth-order valence-corrected chi connectivity index (χ4v) is 4.24. The Bertz CT molecular complexity index is 983. The number of carbonyl (C=O) groups is 1. The van der Waals surface area contributed by atoms with Crippen LogP contribution in [0.15, 0.2) is 54.0 Å². The van der Waals surface area contributed by atoms with Crippen molar-refractivity contribution < 1.29 is 19.4 Å². The second-order valence-electron chi connectivity index (χ2n) is 6.17. The van der Waals surface area contributed by atoms with E-state index in [-0.39, 0.29) is 11.7 Å². The number of rotatable bonds is 7. The van der Waals surface area contributed by atoms with Crippen molar-refractivity contribution in [1.82, 2.24) is 0 Å². The molecule has 1 heterocycles. The van der Waals surface area contributed by atoms with E-state index in [1.54, 1.807) is 18.2 Å². The fraction of sp³-hybridized carbons (Fsp3) is 0.182. The average Bonchev–Trinajstić information content (AvgIpc) is 2.98. The molecule has 1 fully saturated rings. The largest absolute Gasteiger partial charge is 0.504 e. The molecule has 7 heteroatoms. The van der Waals surface area contributed by atoms with Crippen LogP contribution in [0.5, 0.6) is 17.2 Å². The smallest absolute Gasteiger partial charge is 0.270 e. The minimum atomic E-state index is -0.193. The van der Waals surface area contributed by atoms with Crippen LogP contribution in [0.3, 0.4) is 0 Å². The second-order valence-corrected chi connectivity index (χ2v) is 7.84. The van der Waals surface area contributed by atoms with Gasteiger partial charge in [0.15, 0.2) is 15.8 Å². The third-order valence-electron chi connectivity index (χ3n) is 4.26. The average molecular weight is 428 g/mol. The summed E-state index contributed by atoms with van der Waals surface area (Å²) < 4.78 is 11.2. The maximum atomic E-state index is 13.0. The van der Waals surface area contributed by atoms with E-state index >= 15 is 0 Å². The number of hydrogen-bond acceptors (Lipinski definition) is 6. The number of amides is 1. The van der Waals surface area contributed by atoms with Gasteiger partial charge in [0.2, 0.25) is 0 Å². The maximum Gasteiger partial charge on any atom is 0.270 e. The van der Waals surface area contributed by atoms with Gasteiger partial charge < -0.3 is 14.6 Å². The lowest BCUT2D eigenvalue weighted by molar-refractivity contribution is -0.113. The Kier molecular flexibility index (Phi) is 6.61. The number of phenolic OH excluding ortho intramolecular Hbond substituents is 1. The Balaban J connectivity index is 1.92. The van der Waals surface area contributed by atoms with E-state index in [1.807, 2.05) is 37.3 Å². The lowest BCUT2D eigenvalue weighted by Gasteiger charge is -2.15. The van der Waals surface area contributed by atoms with Crippen LogP contribution >= 0.6 is 24.0 Å². The van der Waals surface area contributed by atoms with Crippen molar-refractivity contribution in [2.75, 3.05) is 18.6 Å². The molecule has 0 aromatic heterocycles. The van der Waals surface area contributed by atoms with Gasteiger partial charge in [0.1, 0.15) is 5.75 Å². The number of phenols is 1. The highest BCUT2D eigenvalue weighted by Crippen LogP contribution is 2.38. The molecule has 2 aromatic rings. The topological polar surface area (TPSA) is 59.0 Å². The van der Waals surface area contributed by atoms with E-state index in [0.29, 0.717) is 39.3 Å². The van der Waals surface area contributed by atoms with Crippen LogP contribution in [0.25, 0.3) is 6.08 Å². The fourth-order valence-electron chi connectivity index (χ4n) is 2.94. The van der Waals surface area contributed by atoms with Crippen LogP contribution in [-0.2, 0) is 11.2 Å². The number of carbonyl (C=O) groups excluding carboxylic acids is 1. The molecule has 1 N–H and O–H groups in total. The second kappa shape index (κ2) is 9.15. The summed E-state index contributed by atoms with van der Waals surface area (Å²) in [6.45, 7) is 6.20. The summed E-state index contributed by atoms with van der Waals surface area (Å²) in [4.78, 5) is 15.0. The Morgan fingerprint density at radius 2 is 2.00 bits per heavy atom. The van der Waals surface area contributed by atoms with Crippen molar-refractivity contribution in [2.45, 2.75) is 13.3 Å². The van der Waals surface area contributed by atoms with Crippen molar-refractivity contribution in [3.8, 4) is 17.2 Å². The summed E-state index contributed by atoms with van der Waals surface area (Å²) in [5.74, 6) is 0.966. The van der Waals surface area contributed by atoms with E-state index in [4.69, 9.17) is 21.7 Å². The molecule has 0 aliphatic carbocycles. The number of ether oxygens (including phenoxy) is 2. The highest BCUT2D eigenvalue weighted by Gasteiger charge is 2.33. The van der Waals surface area contributed by atoms with Gasteiger partial charge in [0.05, 0.1) is 24.3 Å². The number of aromatic hydroxyl groups is 1. The molecule has 0 unspecified atom stereocenters. The molecule has 0 spiro atoms. The van der Waals surface area contributed by atoms with Gasteiger partial charge >= 0.3 is 0 Å². The number of nitrogens with zero attached hydrogens (tertiary/aromatic N) is 1. The number of methoxy groups -OCH3 is 1. The number of anilines is 1. The summed E-state index contributed by atoms with van der Waals surface area (Å²) in [5.41, 5.74) is 2.10. The predicted molar refractivity (Wildman–Crippen MR) is 122 cm³/mol. The summed E-state index contributed by atoms with van der Waals surface area (Å²) in [6, 6.07) is 10.7. The highest BCUT2D eigenvalue weighted by molar-refractivity contribution is 8.27. The van der Waals surface area contributed by atoms with Crippen LogP contribution in [0.1, 0.15) is 18.1 Å². The first-order valence-corrected chi connectivity index (χ1v) is 10.2. The zero-order valence-corrected chi connectivity index (χ0v) is 17.8. The zero-order chi connectivity index (χ0) is 21.0. The Morgan fingerprint density at radius 1 is 1.28 bits per heavy atom. The molecule has 0 bridgehead atoms. The van der Waals surface area contributed by atoms with Crippen molar-refractivity contribution in [3.05, 3.63) is 65.1 Å². The number of thiocarbonyl (C=S) groups is 1. The molecule has 0 radical (unpaired) electrons. The van der Waals surface area contributed by atoms with Crippen molar-refractivity contribution in [1.29, 1.82) is 0 Å². The van der Waals surface area contributed by atoms with Gasteiger partial charge in [-0.05, 0) is 61.4 Å². The van der Waals surface area contributed by atoms with E-state index < -0.39 is 0 Å². The van der Waals surface area contributed by atoms with Crippen LogP contribution in [0.4, 0.5) is 5.69 Å². The van der Waals surface area contributed by atoms with Crippen molar-refractivity contribution in [2.24, 2.45) is 0 Å². The molecule has 0 atom stereocenters. The van der Waals surface area contributed by atoms with Crippen LogP contribution in [0.2, 0.25) is 0 Å². The lowest BCUT2D eigenvalue weighted by Crippen LogP contribution is -2.27. The third kappa shape index (κ3) is 4.46. The maximum absolute atomic E-state index is 13.0. The normalized spacial score (nSPS) is 15.1.